The molecule has 3 rings (SSSR count). The zero-order valence-electron chi connectivity index (χ0n) is 11.9. The Kier molecular flexibility index (Phi) is 3.25. The minimum Gasteiger partial charge on any atom is -0.337 e. The van der Waals surface area contributed by atoms with Crippen LogP contribution < -0.4 is 0 Å². The highest BCUT2D eigenvalue weighted by atomic mass is 14.9. The van der Waals surface area contributed by atoms with Crippen LogP contribution in [0.1, 0.15) is 22.5 Å². The van der Waals surface area contributed by atoms with E-state index in [2.05, 4.69) is 40.9 Å². The van der Waals surface area contributed by atoms with Gasteiger partial charge in [0.25, 0.3) is 0 Å². The summed E-state index contributed by atoms with van der Waals surface area (Å²) in [6.07, 6.45) is 5.21. The van der Waals surface area contributed by atoms with Gasteiger partial charge in [0.05, 0.1) is 16.6 Å². The number of aromatic amines is 1. The van der Waals surface area contributed by atoms with Crippen LogP contribution in [0.5, 0.6) is 0 Å². The minimum atomic E-state index is 0.507. The lowest BCUT2D eigenvalue weighted by atomic mass is 10.1. The fourth-order valence-electron chi connectivity index (χ4n) is 2.18. The number of nitrogens with one attached hydrogen (secondary N) is 1. The van der Waals surface area contributed by atoms with Crippen LogP contribution in [0.25, 0.3) is 22.7 Å². The highest BCUT2D eigenvalue weighted by Gasteiger charge is 2.09. The number of aryl methyl sites for hydroxylation is 2. The second kappa shape index (κ2) is 5.22. The average molecular weight is 274 g/mol. The predicted octanol–water partition coefficient (Wildman–Crippen LogP) is 3.64. The molecule has 1 N–H and O–H groups in total. The molecule has 2 aromatic heterocycles. The van der Waals surface area contributed by atoms with E-state index < -0.39 is 0 Å². The largest absolute Gasteiger partial charge is 0.337 e. The van der Waals surface area contributed by atoms with Gasteiger partial charge in [-0.05, 0) is 60.9 Å². The summed E-state index contributed by atoms with van der Waals surface area (Å²) >= 11 is 0. The third-order valence-electron chi connectivity index (χ3n) is 3.49. The molecule has 0 aliphatic carbocycles. The molecule has 0 spiro atoms. The number of fused-ring (bicyclic) bond motifs is 1. The lowest BCUT2D eigenvalue weighted by Crippen LogP contribution is -1.85. The number of hydrogen-bond donors (Lipinski definition) is 1. The number of nitriles is 1. The molecule has 0 atom stereocenters. The van der Waals surface area contributed by atoms with Crippen molar-refractivity contribution in [2.45, 2.75) is 13.8 Å². The van der Waals surface area contributed by atoms with Crippen LogP contribution in [0.15, 0.2) is 36.7 Å². The summed E-state index contributed by atoms with van der Waals surface area (Å²) in [5.41, 5.74) is 5.65. The maximum Gasteiger partial charge on any atom is 0.149 e. The normalized spacial score (nSPS) is 11.6. The number of H-pyrrole nitrogens is 1. The van der Waals surface area contributed by atoms with E-state index in [0.717, 1.165) is 16.6 Å². The Labute approximate surface area is 122 Å². The SMILES string of the molecule is Cc1cc2nc(C(C#N)=Cc3ccncc3)[nH]c2cc1C. The summed E-state index contributed by atoms with van der Waals surface area (Å²) in [6.45, 7) is 4.12. The topological polar surface area (TPSA) is 65.4 Å². The monoisotopic (exact) mass is 274 g/mol. The lowest BCUT2D eigenvalue weighted by molar-refractivity contribution is 1.27. The Bertz CT molecular complexity index is 828. The Morgan fingerprint density at radius 2 is 1.90 bits per heavy atom. The minimum absolute atomic E-state index is 0.507. The number of hydrogen-bond acceptors (Lipinski definition) is 3. The Balaban J connectivity index is 2.10. The van der Waals surface area contributed by atoms with Crippen molar-refractivity contribution in [3.05, 3.63) is 59.2 Å². The van der Waals surface area contributed by atoms with E-state index in [0.29, 0.717) is 11.4 Å². The second-order valence-corrected chi connectivity index (χ2v) is 4.99. The van der Waals surface area contributed by atoms with Crippen molar-refractivity contribution in [1.29, 1.82) is 5.26 Å². The number of nitrogens with zero attached hydrogens (tertiary/aromatic N) is 3. The molecular weight excluding hydrogens is 260 g/mol. The Hall–Kier alpha value is -2.93. The standard InChI is InChI=1S/C17H14N4/c1-11-7-15-16(8-12(11)2)21-17(20-15)14(10-18)9-13-3-5-19-6-4-13/h3-9H,1-2H3,(H,20,21). The molecule has 102 valence electrons. The fourth-order valence-corrected chi connectivity index (χ4v) is 2.18. The smallest absolute Gasteiger partial charge is 0.149 e. The second-order valence-electron chi connectivity index (χ2n) is 4.99. The molecule has 4 nitrogen and oxygen atoms in total. The van der Waals surface area contributed by atoms with Crippen LogP contribution in [0.4, 0.5) is 0 Å². The van der Waals surface area contributed by atoms with Crippen molar-refractivity contribution in [1.82, 2.24) is 15.0 Å². The molecule has 0 amide bonds. The van der Waals surface area contributed by atoms with Crippen molar-refractivity contribution < 1.29 is 0 Å². The number of pyridine rings is 1. The summed E-state index contributed by atoms with van der Waals surface area (Å²) in [4.78, 5) is 11.7. The van der Waals surface area contributed by atoms with Crippen LogP contribution in [0, 0.1) is 25.2 Å². The van der Waals surface area contributed by atoms with E-state index in [9.17, 15) is 5.26 Å². The average Bonchev–Trinajstić information content (AvgIpc) is 2.89. The third-order valence-corrected chi connectivity index (χ3v) is 3.49. The Morgan fingerprint density at radius 3 is 2.62 bits per heavy atom. The highest BCUT2D eigenvalue weighted by Crippen LogP contribution is 2.21. The van der Waals surface area contributed by atoms with Gasteiger partial charge in [0, 0.05) is 12.4 Å². The van der Waals surface area contributed by atoms with E-state index in [1.165, 1.54) is 11.1 Å². The van der Waals surface area contributed by atoms with Crippen molar-refractivity contribution in [2.24, 2.45) is 0 Å². The number of imidazole rings is 1. The molecule has 0 saturated carbocycles. The first-order valence-electron chi connectivity index (χ1n) is 6.66. The summed E-state index contributed by atoms with van der Waals surface area (Å²) < 4.78 is 0. The van der Waals surface area contributed by atoms with Crippen molar-refractivity contribution >= 4 is 22.7 Å². The maximum absolute atomic E-state index is 9.38. The van der Waals surface area contributed by atoms with Crippen LogP contribution in [-0.4, -0.2) is 15.0 Å². The summed E-state index contributed by atoms with van der Waals surface area (Å²) in [5, 5.41) is 9.38. The van der Waals surface area contributed by atoms with Crippen LogP contribution in [-0.2, 0) is 0 Å². The molecule has 2 heterocycles. The number of allylic oxidation sites excluding steroid dienone is 1. The number of aromatic nitrogens is 3. The zero-order chi connectivity index (χ0) is 14.8. The van der Waals surface area contributed by atoms with Gasteiger partial charge < -0.3 is 4.98 Å². The quantitative estimate of drug-likeness (QED) is 0.725. The molecule has 1 aromatic carbocycles. The van der Waals surface area contributed by atoms with Gasteiger partial charge in [-0.1, -0.05) is 0 Å². The van der Waals surface area contributed by atoms with Crippen LogP contribution in [0.3, 0.4) is 0 Å². The molecule has 0 aliphatic rings. The first kappa shape index (κ1) is 13.1. The van der Waals surface area contributed by atoms with Crippen molar-refractivity contribution in [2.75, 3.05) is 0 Å². The lowest BCUT2D eigenvalue weighted by Gasteiger charge is -1.97. The molecule has 0 bridgehead atoms. The predicted molar refractivity (Wildman–Crippen MR) is 83.3 cm³/mol. The zero-order valence-corrected chi connectivity index (χ0v) is 11.9. The van der Waals surface area contributed by atoms with E-state index >= 15 is 0 Å². The van der Waals surface area contributed by atoms with Gasteiger partial charge in [-0.15, -0.1) is 0 Å². The maximum atomic E-state index is 9.38. The fraction of sp³-hybridized carbons (Fsp3) is 0.118. The molecular formula is C17H14N4. The molecule has 3 aromatic rings. The van der Waals surface area contributed by atoms with Gasteiger partial charge in [0.1, 0.15) is 11.9 Å². The number of benzene rings is 1. The van der Waals surface area contributed by atoms with Gasteiger partial charge >= 0.3 is 0 Å². The molecule has 0 unspecified atom stereocenters. The van der Waals surface area contributed by atoms with Gasteiger partial charge in [-0.25, -0.2) is 4.98 Å². The van der Waals surface area contributed by atoms with Crippen molar-refractivity contribution in [3.63, 3.8) is 0 Å². The van der Waals surface area contributed by atoms with Gasteiger partial charge in [-0.2, -0.15) is 5.26 Å². The summed E-state index contributed by atoms with van der Waals surface area (Å²) in [7, 11) is 0. The van der Waals surface area contributed by atoms with E-state index in [1.807, 2.05) is 18.2 Å². The van der Waals surface area contributed by atoms with Crippen LogP contribution in [0.2, 0.25) is 0 Å². The van der Waals surface area contributed by atoms with E-state index in [1.54, 1.807) is 18.5 Å². The first-order chi connectivity index (χ1) is 10.2. The van der Waals surface area contributed by atoms with Gasteiger partial charge in [0.15, 0.2) is 0 Å². The molecule has 4 heteroatoms. The van der Waals surface area contributed by atoms with Gasteiger partial charge in [-0.3, -0.25) is 4.98 Å². The molecule has 21 heavy (non-hydrogen) atoms. The van der Waals surface area contributed by atoms with Gasteiger partial charge in [0.2, 0.25) is 0 Å². The first-order valence-corrected chi connectivity index (χ1v) is 6.66. The van der Waals surface area contributed by atoms with Crippen LogP contribution >= 0.6 is 0 Å². The molecule has 0 fully saturated rings. The summed E-state index contributed by atoms with van der Waals surface area (Å²) in [6, 6.07) is 10.0. The molecule has 0 saturated heterocycles. The van der Waals surface area contributed by atoms with E-state index in [4.69, 9.17) is 0 Å². The number of rotatable bonds is 2. The Morgan fingerprint density at radius 1 is 1.19 bits per heavy atom. The third kappa shape index (κ3) is 2.54. The molecule has 0 aliphatic heterocycles. The van der Waals surface area contributed by atoms with E-state index in [-0.39, 0.29) is 0 Å². The highest BCUT2D eigenvalue weighted by molar-refractivity contribution is 5.90. The van der Waals surface area contributed by atoms with Crippen molar-refractivity contribution in [3.8, 4) is 6.07 Å². The molecule has 0 radical (unpaired) electrons. The summed E-state index contributed by atoms with van der Waals surface area (Å²) in [5.74, 6) is 0.592.